The van der Waals surface area contributed by atoms with E-state index in [-0.39, 0.29) is 23.6 Å². The normalized spacial score (nSPS) is 17.0. The Balaban J connectivity index is 1.91. The number of hydrogen-bond acceptors (Lipinski definition) is 4. The van der Waals surface area contributed by atoms with E-state index >= 15 is 0 Å². The smallest absolute Gasteiger partial charge is 0.229 e. The minimum atomic E-state index is -0.240. The highest BCUT2D eigenvalue weighted by Gasteiger charge is 2.28. The standard InChI is InChI=1S/C16H14ClN3O2/c1-9(21)19-16-18-8-13-14(20-16)6-11(7-15(13)22)10-2-4-12(17)5-3-10/h2-5,8,11H,6-7H2,1H3,(H,18,19,20,21). The lowest BCUT2D eigenvalue weighted by atomic mass is 9.82. The van der Waals surface area contributed by atoms with E-state index in [0.29, 0.717) is 29.1 Å². The molecule has 3 rings (SSSR count). The summed E-state index contributed by atoms with van der Waals surface area (Å²) in [5, 5.41) is 3.21. The summed E-state index contributed by atoms with van der Waals surface area (Å²) in [5.41, 5.74) is 2.28. The molecule has 1 N–H and O–H groups in total. The van der Waals surface area contributed by atoms with E-state index in [1.165, 1.54) is 13.1 Å². The number of aromatic nitrogens is 2. The average Bonchev–Trinajstić information content (AvgIpc) is 2.47. The van der Waals surface area contributed by atoms with Crippen molar-refractivity contribution in [1.82, 2.24) is 9.97 Å². The van der Waals surface area contributed by atoms with Crippen molar-refractivity contribution in [2.75, 3.05) is 5.32 Å². The number of rotatable bonds is 2. The number of ketones is 1. The zero-order chi connectivity index (χ0) is 15.7. The van der Waals surface area contributed by atoms with Gasteiger partial charge in [0, 0.05) is 24.6 Å². The molecule has 2 aromatic rings. The van der Waals surface area contributed by atoms with E-state index in [2.05, 4.69) is 15.3 Å². The fraction of sp³-hybridized carbons (Fsp3) is 0.250. The minimum absolute atomic E-state index is 0.0237. The number of carbonyl (C=O) groups excluding carboxylic acids is 2. The molecule has 1 unspecified atom stereocenters. The number of hydrogen-bond donors (Lipinski definition) is 1. The molecule has 112 valence electrons. The highest BCUT2D eigenvalue weighted by Crippen LogP contribution is 2.32. The van der Waals surface area contributed by atoms with Crippen molar-refractivity contribution in [2.24, 2.45) is 0 Å². The maximum atomic E-state index is 12.3. The van der Waals surface area contributed by atoms with Crippen LogP contribution in [0.4, 0.5) is 5.95 Å². The lowest BCUT2D eigenvalue weighted by molar-refractivity contribution is -0.114. The minimum Gasteiger partial charge on any atom is -0.295 e. The van der Waals surface area contributed by atoms with Gasteiger partial charge in [0.1, 0.15) is 0 Å². The zero-order valence-electron chi connectivity index (χ0n) is 12.0. The first kappa shape index (κ1) is 14.7. The first-order chi connectivity index (χ1) is 10.5. The molecule has 1 aliphatic carbocycles. The predicted molar refractivity (Wildman–Crippen MR) is 83.2 cm³/mol. The van der Waals surface area contributed by atoms with Gasteiger partial charge in [0.25, 0.3) is 0 Å². The molecule has 22 heavy (non-hydrogen) atoms. The van der Waals surface area contributed by atoms with Crippen LogP contribution in [0.15, 0.2) is 30.5 Å². The predicted octanol–water partition coefficient (Wildman–Crippen LogP) is 3.00. The van der Waals surface area contributed by atoms with Gasteiger partial charge in [0.05, 0.1) is 11.3 Å². The lowest BCUT2D eigenvalue weighted by Crippen LogP contribution is -2.22. The Labute approximate surface area is 132 Å². The van der Waals surface area contributed by atoms with Crippen LogP contribution in [0.5, 0.6) is 0 Å². The molecule has 0 fully saturated rings. The van der Waals surface area contributed by atoms with E-state index in [1.54, 1.807) is 0 Å². The molecule has 1 amide bonds. The third kappa shape index (κ3) is 2.99. The van der Waals surface area contributed by atoms with Gasteiger partial charge in [-0.1, -0.05) is 23.7 Å². The third-order valence-electron chi connectivity index (χ3n) is 3.67. The van der Waals surface area contributed by atoms with Crippen LogP contribution >= 0.6 is 11.6 Å². The van der Waals surface area contributed by atoms with Crippen LogP contribution in [0, 0.1) is 0 Å². The summed E-state index contributed by atoms with van der Waals surface area (Å²) in [5.74, 6) is 0.0834. The molecule has 0 saturated heterocycles. The Bertz CT molecular complexity index is 744. The summed E-state index contributed by atoms with van der Waals surface area (Å²) in [4.78, 5) is 31.7. The van der Waals surface area contributed by atoms with Crippen LogP contribution < -0.4 is 5.32 Å². The van der Waals surface area contributed by atoms with Gasteiger partial charge in [0.2, 0.25) is 11.9 Å². The second kappa shape index (κ2) is 5.85. The fourth-order valence-electron chi connectivity index (χ4n) is 2.63. The van der Waals surface area contributed by atoms with E-state index in [0.717, 1.165) is 5.56 Å². The SMILES string of the molecule is CC(=O)Nc1ncc2c(n1)CC(c1ccc(Cl)cc1)CC2=O. The van der Waals surface area contributed by atoms with Gasteiger partial charge in [-0.05, 0) is 30.0 Å². The van der Waals surface area contributed by atoms with Gasteiger partial charge < -0.3 is 0 Å². The van der Waals surface area contributed by atoms with Gasteiger partial charge in [-0.2, -0.15) is 0 Å². The van der Waals surface area contributed by atoms with Crippen molar-refractivity contribution in [3.05, 3.63) is 52.3 Å². The molecule has 5 nitrogen and oxygen atoms in total. The number of anilines is 1. The fourth-order valence-corrected chi connectivity index (χ4v) is 2.76. The summed E-state index contributed by atoms with van der Waals surface area (Å²) in [6.07, 6.45) is 2.56. The van der Waals surface area contributed by atoms with Crippen LogP contribution in [-0.2, 0) is 11.2 Å². The highest BCUT2D eigenvalue weighted by molar-refractivity contribution is 6.30. The molecule has 1 aromatic heterocycles. The number of nitrogens with zero attached hydrogens (tertiary/aromatic N) is 2. The second-order valence-corrected chi connectivity index (χ2v) is 5.75. The van der Waals surface area contributed by atoms with Gasteiger partial charge in [0.15, 0.2) is 5.78 Å². The molecule has 0 saturated carbocycles. The van der Waals surface area contributed by atoms with Gasteiger partial charge in [-0.15, -0.1) is 0 Å². The van der Waals surface area contributed by atoms with E-state index in [9.17, 15) is 9.59 Å². The quantitative estimate of drug-likeness (QED) is 0.924. The number of nitrogens with one attached hydrogen (secondary N) is 1. The second-order valence-electron chi connectivity index (χ2n) is 5.32. The Hall–Kier alpha value is -2.27. The lowest BCUT2D eigenvalue weighted by Gasteiger charge is -2.23. The number of fused-ring (bicyclic) bond motifs is 1. The third-order valence-corrected chi connectivity index (χ3v) is 3.92. The van der Waals surface area contributed by atoms with Crippen molar-refractivity contribution in [3.8, 4) is 0 Å². The molecule has 0 aliphatic heterocycles. The van der Waals surface area contributed by atoms with Gasteiger partial charge in [-0.25, -0.2) is 9.97 Å². The first-order valence-electron chi connectivity index (χ1n) is 6.95. The molecule has 0 radical (unpaired) electrons. The molecule has 0 bridgehead atoms. The van der Waals surface area contributed by atoms with Gasteiger partial charge in [-0.3, -0.25) is 14.9 Å². The summed E-state index contributed by atoms with van der Waals surface area (Å²) in [6, 6.07) is 7.50. The summed E-state index contributed by atoms with van der Waals surface area (Å²) in [7, 11) is 0. The maximum Gasteiger partial charge on any atom is 0.229 e. The molecular weight excluding hydrogens is 302 g/mol. The van der Waals surface area contributed by atoms with E-state index < -0.39 is 0 Å². The van der Waals surface area contributed by atoms with Crippen LogP contribution in [0.25, 0.3) is 0 Å². The molecule has 1 heterocycles. The van der Waals surface area contributed by atoms with Crippen LogP contribution in [0.2, 0.25) is 5.02 Å². The molecule has 1 aliphatic rings. The molecule has 1 atom stereocenters. The number of amides is 1. The van der Waals surface area contributed by atoms with Gasteiger partial charge >= 0.3 is 0 Å². The Morgan fingerprint density at radius 2 is 2.00 bits per heavy atom. The summed E-state index contributed by atoms with van der Waals surface area (Å²) >= 11 is 5.90. The van der Waals surface area contributed by atoms with Crippen LogP contribution in [-0.4, -0.2) is 21.7 Å². The molecular formula is C16H14ClN3O2. The molecule has 6 heteroatoms. The van der Waals surface area contributed by atoms with E-state index in [4.69, 9.17) is 11.6 Å². The van der Waals surface area contributed by atoms with Crippen molar-refractivity contribution < 1.29 is 9.59 Å². The largest absolute Gasteiger partial charge is 0.295 e. The highest BCUT2D eigenvalue weighted by atomic mass is 35.5. The molecule has 1 aromatic carbocycles. The number of benzene rings is 1. The summed E-state index contributed by atoms with van der Waals surface area (Å²) < 4.78 is 0. The topological polar surface area (TPSA) is 72.0 Å². The Kier molecular flexibility index (Phi) is 3.90. The first-order valence-corrected chi connectivity index (χ1v) is 7.33. The monoisotopic (exact) mass is 315 g/mol. The van der Waals surface area contributed by atoms with Crippen LogP contribution in [0.1, 0.15) is 40.9 Å². The Morgan fingerprint density at radius 1 is 1.27 bits per heavy atom. The van der Waals surface area contributed by atoms with Crippen molar-refractivity contribution in [2.45, 2.75) is 25.7 Å². The van der Waals surface area contributed by atoms with Crippen molar-refractivity contribution in [1.29, 1.82) is 0 Å². The zero-order valence-corrected chi connectivity index (χ0v) is 12.7. The number of halogens is 1. The molecule has 0 spiro atoms. The van der Waals surface area contributed by atoms with E-state index in [1.807, 2.05) is 24.3 Å². The van der Waals surface area contributed by atoms with Crippen molar-refractivity contribution in [3.63, 3.8) is 0 Å². The van der Waals surface area contributed by atoms with Crippen LogP contribution in [0.3, 0.4) is 0 Å². The maximum absolute atomic E-state index is 12.3. The van der Waals surface area contributed by atoms with Crippen molar-refractivity contribution >= 4 is 29.2 Å². The Morgan fingerprint density at radius 3 is 2.68 bits per heavy atom. The average molecular weight is 316 g/mol. The number of Topliss-reactive ketones (excluding diaryl/α,β-unsaturated/α-hetero) is 1. The summed E-state index contributed by atoms with van der Waals surface area (Å²) in [6.45, 7) is 1.39. The number of carbonyl (C=O) groups is 2.